The zero-order chi connectivity index (χ0) is 4.28. The van der Waals surface area contributed by atoms with Crippen molar-refractivity contribution in [2.75, 3.05) is 0 Å². The molecule has 0 aliphatic rings. The van der Waals surface area contributed by atoms with Gasteiger partial charge in [-0.05, 0) is 0 Å². The second kappa shape index (κ2) is 5.69. The van der Waals surface area contributed by atoms with E-state index in [9.17, 15) is 4.79 Å². The molecule has 0 unspecified atom stereocenters. The molecule has 0 rings (SSSR count). The number of hydrazine groups is 1. The Bertz CT molecular complexity index is 46.8. The van der Waals surface area contributed by atoms with Crippen molar-refractivity contribution in [3.63, 3.8) is 0 Å². The summed E-state index contributed by atoms with van der Waals surface area (Å²) in [6, 6.07) is 0. The van der Waals surface area contributed by atoms with Gasteiger partial charge in [-0.3, -0.25) is 10.2 Å². The molecule has 0 saturated carbocycles. The summed E-state index contributed by atoms with van der Waals surface area (Å²) in [6.07, 6.45) is 0. The first kappa shape index (κ1) is 9.85. The van der Waals surface area contributed by atoms with Crippen molar-refractivity contribution in [2.24, 2.45) is 5.84 Å². The zero-order valence-corrected chi connectivity index (χ0v) is 4.05. The Hall–Kier alpha value is 0.690. The Balaban J connectivity index is 0. The summed E-state index contributed by atoms with van der Waals surface area (Å²) in [4.78, 5) is 9.58. The van der Waals surface area contributed by atoms with Crippen molar-refractivity contribution >= 4 is 5.91 Å². The maximum Gasteiger partial charge on any atom is 0.230 e. The summed E-state index contributed by atoms with van der Waals surface area (Å²) in [7, 11) is 0. The first-order valence-corrected chi connectivity index (χ1v) is 1.24. The van der Waals surface area contributed by atoms with Crippen molar-refractivity contribution < 1.29 is 42.5 Å². The van der Waals surface area contributed by atoms with E-state index < -0.39 is 0 Å². The Kier molecular flexibility index (Phi) is 9.34. The van der Waals surface area contributed by atoms with Gasteiger partial charge in [0.1, 0.15) is 0 Å². The van der Waals surface area contributed by atoms with E-state index in [1.54, 1.807) is 0 Å². The van der Waals surface area contributed by atoms with Crippen molar-refractivity contribution in [3.05, 3.63) is 0 Å². The minimum Gasteiger partial charge on any atom is -0.295 e. The van der Waals surface area contributed by atoms with E-state index in [1.165, 1.54) is 6.92 Å². The van der Waals surface area contributed by atoms with Crippen molar-refractivity contribution in [1.29, 1.82) is 0 Å². The average Bonchev–Trinajstić information content (AvgIpc) is 1.38. The van der Waals surface area contributed by atoms with Crippen molar-refractivity contribution in [1.82, 2.24) is 5.43 Å². The standard InChI is InChI=1S/C2H6N2O.Ar/c1-2(5)4-3;/h3H2,1H3,(H,4,5);. The molecule has 38 valence electrons. The number of carbonyl (C=O) groups excluding carboxylic acids is 1. The summed E-state index contributed by atoms with van der Waals surface area (Å²) in [5.74, 6) is 4.35. The smallest absolute Gasteiger partial charge is 0.230 e. The molecule has 3 N–H and O–H groups in total. The van der Waals surface area contributed by atoms with Crippen LogP contribution in [0.25, 0.3) is 0 Å². The molecule has 0 aromatic rings. The van der Waals surface area contributed by atoms with Crippen LogP contribution in [0.5, 0.6) is 0 Å². The van der Waals surface area contributed by atoms with Gasteiger partial charge in [0.25, 0.3) is 0 Å². The SMILES string of the molecule is CC(=O)NN.[Ar]. The van der Waals surface area contributed by atoms with Crippen LogP contribution in [0.1, 0.15) is 6.92 Å². The Morgan fingerprint density at radius 1 is 1.83 bits per heavy atom. The van der Waals surface area contributed by atoms with E-state index in [1.807, 2.05) is 5.43 Å². The predicted octanol–water partition coefficient (Wildman–Crippen LogP) is -1.00. The minimum atomic E-state index is -0.218. The second-order valence-corrected chi connectivity index (χ2v) is 0.701. The molecule has 0 spiro atoms. The number of nitrogens with two attached hydrogens (primary N) is 1. The van der Waals surface area contributed by atoms with E-state index in [0.29, 0.717) is 0 Å². The van der Waals surface area contributed by atoms with E-state index in [4.69, 9.17) is 0 Å². The quantitative estimate of drug-likeness (QED) is 0.241. The van der Waals surface area contributed by atoms with Crippen LogP contribution < -0.4 is 11.3 Å². The fraction of sp³-hybridized carbons (Fsp3) is 0.500. The molecule has 0 aliphatic heterocycles. The molecule has 0 atom stereocenters. The molecule has 1 amide bonds. The topological polar surface area (TPSA) is 55.1 Å². The average molecular weight is 114 g/mol. The van der Waals surface area contributed by atoms with E-state index in [2.05, 4.69) is 5.84 Å². The van der Waals surface area contributed by atoms with Crippen LogP contribution in [-0.4, -0.2) is 5.91 Å². The molecule has 0 aromatic heterocycles. The third-order valence-corrected chi connectivity index (χ3v) is 0.203. The fourth-order valence-electron chi connectivity index (χ4n) is 0. The molecule has 0 bridgehead atoms. The summed E-state index contributed by atoms with van der Waals surface area (Å²) >= 11 is 0. The van der Waals surface area contributed by atoms with Gasteiger partial charge in [-0.25, -0.2) is 5.84 Å². The van der Waals surface area contributed by atoms with Crippen LogP contribution in [0.4, 0.5) is 0 Å². The first-order chi connectivity index (χ1) is 2.27. The molecule has 0 aliphatic carbocycles. The van der Waals surface area contributed by atoms with Gasteiger partial charge in [0, 0.05) is 44.7 Å². The summed E-state index contributed by atoms with van der Waals surface area (Å²) in [5.41, 5.74) is 1.89. The number of amides is 1. The van der Waals surface area contributed by atoms with Crippen LogP contribution >= 0.6 is 0 Å². The Morgan fingerprint density at radius 3 is 2.00 bits per heavy atom. The molecule has 0 radical (unpaired) electrons. The van der Waals surface area contributed by atoms with Gasteiger partial charge in [-0.2, -0.15) is 0 Å². The Labute approximate surface area is 66.2 Å². The van der Waals surface area contributed by atoms with Crippen molar-refractivity contribution in [2.45, 2.75) is 6.92 Å². The molecular weight excluding hydrogens is 108 g/mol. The van der Waals surface area contributed by atoms with Gasteiger partial charge in [-0.15, -0.1) is 0 Å². The van der Waals surface area contributed by atoms with Gasteiger partial charge in [0.2, 0.25) is 5.91 Å². The fourth-order valence-corrected chi connectivity index (χ4v) is 0. The maximum atomic E-state index is 9.58. The summed E-state index contributed by atoms with van der Waals surface area (Å²) in [6.45, 7) is 1.35. The van der Waals surface area contributed by atoms with Crippen LogP contribution in [0.3, 0.4) is 0 Å². The van der Waals surface area contributed by atoms with Gasteiger partial charge in [0.15, 0.2) is 0 Å². The normalized spacial score (nSPS) is 5.67. The van der Waals surface area contributed by atoms with E-state index in [0.717, 1.165) is 0 Å². The number of hydrogen-bond acceptors (Lipinski definition) is 2. The van der Waals surface area contributed by atoms with Crippen LogP contribution in [0.2, 0.25) is 0 Å². The molecule has 6 heavy (non-hydrogen) atoms. The van der Waals surface area contributed by atoms with E-state index in [-0.39, 0.29) is 43.6 Å². The monoisotopic (exact) mass is 114 g/mol. The third-order valence-electron chi connectivity index (χ3n) is 0.203. The molecular formula is C2H6ArN2O. The molecule has 0 heterocycles. The molecule has 0 fully saturated rings. The van der Waals surface area contributed by atoms with Gasteiger partial charge >= 0.3 is 0 Å². The molecule has 0 saturated heterocycles. The number of hydrogen-bond donors (Lipinski definition) is 2. The van der Waals surface area contributed by atoms with Gasteiger partial charge in [-0.1, -0.05) is 0 Å². The summed E-state index contributed by atoms with van der Waals surface area (Å²) < 4.78 is 0. The Morgan fingerprint density at radius 2 is 2.00 bits per heavy atom. The first-order valence-electron chi connectivity index (χ1n) is 1.24. The van der Waals surface area contributed by atoms with Crippen LogP contribution in [-0.2, 0) is 4.79 Å². The summed E-state index contributed by atoms with van der Waals surface area (Å²) in [5, 5.41) is 0. The molecule has 0 aromatic carbocycles. The van der Waals surface area contributed by atoms with Crippen LogP contribution in [0.15, 0.2) is 0 Å². The second-order valence-electron chi connectivity index (χ2n) is 0.701. The zero-order valence-electron chi connectivity index (χ0n) is 3.34. The number of carbonyl (C=O) groups is 1. The predicted molar refractivity (Wildman–Crippen MR) is 18.0 cm³/mol. The third kappa shape index (κ3) is 8.83. The van der Waals surface area contributed by atoms with Crippen LogP contribution in [0, 0.1) is 37.7 Å². The largest absolute Gasteiger partial charge is 0.295 e. The number of nitrogens with one attached hydrogen (secondary N) is 1. The van der Waals surface area contributed by atoms with Gasteiger partial charge < -0.3 is 0 Å². The molecule has 4 heteroatoms. The maximum absolute atomic E-state index is 9.58. The minimum absolute atomic E-state index is 0. The van der Waals surface area contributed by atoms with E-state index >= 15 is 0 Å². The number of rotatable bonds is 0. The molecule has 3 nitrogen and oxygen atoms in total. The van der Waals surface area contributed by atoms with Crippen molar-refractivity contribution in [3.8, 4) is 0 Å². The van der Waals surface area contributed by atoms with Gasteiger partial charge in [0.05, 0.1) is 0 Å².